The minimum atomic E-state index is -1.12. The molecular weight excluding hydrogens is 338 g/mol. The van der Waals surface area contributed by atoms with Crippen molar-refractivity contribution in [2.75, 3.05) is 31.3 Å². The van der Waals surface area contributed by atoms with Crippen LogP contribution in [0.4, 0.5) is 5.69 Å². The van der Waals surface area contributed by atoms with E-state index in [1.54, 1.807) is 32.0 Å². The number of Topliss-reactive ketones (excluding diaryl/α,β-unsaturated/α-hetero) is 1. The zero-order valence-corrected chi connectivity index (χ0v) is 15.7. The zero-order valence-electron chi connectivity index (χ0n) is 15.7. The summed E-state index contributed by atoms with van der Waals surface area (Å²) in [6, 6.07) is 4.83. The highest BCUT2D eigenvalue weighted by atomic mass is 16.6. The molecule has 1 aliphatic heterocycles. The van der Waals surface area contributed by atoms with Crippen molar-refractivity contribution < 1.29 is 28.6 Å². The van der Waals surface area contributed by atoms with Crippen molar-refractivity contribution in [3.05, 3.63) is 23.8 Å². The van der Waals surface area contributed by atoms with E-state index in [0.29, 0.717) is 30.2 Å². The third kappa shape index (κ3) is 4.60. The second-order valence-electron chi connectivity index (χ2n) is 6.58. The molecule has 1 aromatic carbocycles. The number of nitrogens with zero attached hydrogens (tertiary/aromatic N) is 1. The Hall–Kier alpha value is -2.41. The van der Waals surface area contributed by atoms with Gasteiger partial charge in [0.05, 0.1) is 12.3 Å². The standard InChI is InChI=1S/C19H25NO6/c1-5-8-24-9-10-25-17(22)12-20-15-11-14(13(2)21)6-7-16(15)26-19(3,4)18(20)23/h6-7,11H,5,8-10,12H2,1-4H3. The van der Waals surface area contributed by atoms with Crippen LogP contribution in [0.3, 0.4) is 0 Å². The van der Waals surface area contributed by atoms with Crippen LogP contribution in [0, 0.1) is 0 Å². The molecule has 7 heteroatoms. The maximum atomic E-state index is 12.7. The Kier molecular flexibility index (Phi) is 6.37. The van der Waals surface area contributed by atoms with Gasteiger partial charge in [-0.2, -0.15) is 0 Å². The maximum absolute atomic E-state index is 12.7. The summed E-state index contributed by atoms with van der Waals surface area (Å²) in [6.07, 6.45) is 0.889. The minimum Gasteiger partial charge on any atom is -0.476 e. The number of benzene rings is 1. The molecule has 1 heterocycles. The Bertz CT molecular complexity index is 697. The number of fused-ring (bicyclic) bond motifs is 1. The van der Waals surface area contributed by atoms with Crippen LogP contribution in [0.5, 0.6) is 5.75 Å². The van der Waals surface area contributed by atoms with E-state index in [1.807, 2.05) is 6.92 Å². The summed E-state index contributed by atoms with van der Waals surface area (Å²) >= 11 is 0. The summed E-state index contributed by atoms with van der Waals surface area (Å²) < 4.78 is 16.1. The van der Waals surface area contributed by atoms with Crippen molar-refractivity contribution in [1.29, 1.82) is 0 Å². The summed E-state index contributed by atoms with van der Waals surface area (Å²) in [5.74, 6) is -0.612. The first-order chi connectivity index (χ1) is 12.3. The van der Waals surface area contributed by atoms with Gasteiger partial charge >= 0.3 is 5.97 Å². The number of anilines is 1. The Balaban J connectivity index is 2.15. The van der Waals surface area contributed by atoms with E-state index in [1.165, 1.54) is 11.8 Å². The molecule has 0 unspecified atom stereocenters. The molecule has 0 fully saturated rings. The van der Waals surface area contributed by atoms with E-state index in [2.05, 4.69) is 0 Å². The quantitative estimate of drug-likeness (QED) is 0.401. The third-order valence-corrected chi connectivity index (χ3v) is 3.91. The molecule has 0 saturated carbocycles. The van der Waals surface area contributed by atoms with E-state index in [-0.39, 0.29) is 24.8 Å². The average molecular weight is 363 g/mol. The fourth-order valence-electron chi connectivity index (χ4n) is 2.58. The van der Waals surface area contributed by atoms with E-state index in [4.69, 9.17) is 14.2 Å². The van der Waals surface area contributed by atoms with Crippen molar-refractivity contribution >= 4 is 23.3 Å². The molecule has 1 amide bonds. The third-order valence-electron chi connectivity index (χ3n) is 3.91. The molecule has 0 radical (unpaired) electrons. The molecule has 2 rings (SSSR count). The van der Waals surface area contributed by atoms with E-state index >= 15 is 0 Å². The Labute approximate surface area is 153 Å². The zero-order chi connectivity index (χ0) is 19.3. The number of hydrogen-bond donors (Lipinski definition) is 0. The molecule has 26 heavy (non-hydrogen) atoms. The van der Waals surface area contributed by atoms with Crippen LogP contribution in [0.1, 0.15) is 44.5 Å². The van der Waals surface area contributed by atoms with Crippen molar-refractivity contribution in [2.24, 2.45) is 0 Å². The molecule has 0 N–H and O–H groups in total. The van der Waals surface area contributed by atoms with E-state index < -0.39 is 11.6 Å². The van der Waals surface area contributed by atoms with Crippen molar-refractivity contribution in [3.63, 3.8) is 0 Å². The molecule has 1 aromatic rings. The first-order valence-electron chi connectivity index (χ1n) is 8.65. The lowest BCUT2D eigenvalue weighted by Gasteiger charge is -2.38. The second kappa shape index (κ2) is 8.31. The van der Waals surface area contributed by atoms with Crippen LogP contribution in [0.15, 0.2) is 18.2 Å². The lowest BCUT2D eigenvalue weighted by molar-refractivity contribution is -0.145. The van der Waals surface area contributed by atoms with Crippen molar-refractivity contribution in [1.82, 2.24) is 0 Å². The number of carbonyl (C=O) groups excluding carboxylic acids is 3. The number of ether oxygens (including phenoxy) is 3. The summed E-state index contributed by atoms with van der Waals surface area (Å²) in [5, 5.41) is 0. The molecule has 0 spiro atoms. The van der Waals surface area contributed by atoms with Gasteiger partial charge in [0.15, 0.2) is 11.4 Å². The smallest absolute Gasteiger partial charge is 0.326 e. The summed E-state index contributed by atoms with van der Waals surface area (Å²) in [5.41, 5.74) is -0.290. The predicted octanol–water partition coefficient (Wildman–Crippen LogP) is 2.36. The molecule has 0 atom stereocenters. The van der Waals surface area contributed by atoms with Gasteiger partial charge in [-0.25, -0.2) is 0 Å². The van der Waals surface area contributed by atoms with Gasteiger partial charge in [-0.05, 0) is 45.4 Å². The van der Waals surface area contributed by atoms with Gasteiger partial charge < -0.3 is 14.2 Å². The SMILES string of the molecule is CCCOCCOC(=O)CN1C(=O)C(C)(C)Oc2ccc(C(C)=O)cc21. The van der Waals surface area contributed by atoms with Crippen LogP contribution >= 0.6 is 0 Å². The Morgan fingerprint density at radius 2 is 1.92 bits per heavy atom. The molecule has 0 bridgehead atoms. The van der Waals surface area contributed by atoms with Gasteiger partial charge in [-0.1, -0.05) is 6.92 Å². The van der Waals surface area contributed by atoms with Crippen LogP contribution < -0.4 is 9.64 Å². The van der Waals surface area contributed by atoms with E-state index in [9.17, 15) is 14.4 Å². The number of esters is 1. The first kappa shape index (κ1) is 19.9. The second-order valence-corrected chi connectivity index (χ2v) is 6.58. The average Bonchev–Trinajstić information content (AvgIpc) is 2.58. The largest absolute Gasteiger partial charge is 0.476 e. The number of hydrogen-bond acceptors (Lipinski definition) is 6. The number of amides is 1. The summed E-state index contributed by atoms with van der Waals surface area (Å²) in [4.78, 5) is 37.8. The predicted molar refractivity (Wildman–Crippen MR) is 95.6 cm³/mol. The summed E-state index contributed by atoms with van der Waals surface area (Å²) in [7, 11) is 0. The van der Waals surface area contributed by atoms with Crippen LogP contribution in [-0.2, 0) is 19.1 Å². The fraction of sp³-hybridized carbons (Fsp3) is 0.526. The van der Waals surface area contributed by atoms with Crippen LogP contribution in [0.2, 0.25) is 0 Å². The molecular formula is C19H25NO6. The monoisotopic (exact) mass is 363 g/mol. The lowest BCUT2D eigenvalue weighted by Crippen LogP contribution is -2.54. The number of rotatable bonds is 8. The summed E-state index contributed by atoms with van der Waals surface area (Å²) in [6.45, 7) is 7.48. The molecule has 0 saturated heterocycles. The number of ketones is 1. The topological polar surface area (TPSA) is 82.1 Å². The molecule has 0 aromatic heterocycles. The molecule has 142 valence electrons. The molecule has 1 aliphatic rings. The highest BCUT2D eigenvalue weighted by molar-refractivity contribution is 6.06. The van der Waals surface area contributed by atoms with Gasteiger partial charge in [-0.3, -0.25) is 19.3 Å². The molecule has 0 aliphatic carbocycles. The number of carbonyl (C=O) groups is 3. The van der Waals surface area contributed by atoms with Crippen molar-refractivity contribution in [2.45, 2.75) is 39.7 Å². The van der Waals surface area contributed by atoms with E-state index in [0.717, 1.165) is 6.42 Å². The normalized spacial score (nSPS) is 15.2. The van der Waals surface area contributed by atoms with Crippen LogP contribution in [0.25, 0.3) is 0 Å². The fourth-order valence-corrected chi connectivity index (χ4v) is 2.58. The minimum absolute atomic E-state index is 0.126. The Morgan fingerprint density at radius 3 is 2.58 bits per heavy atom. The lowest BCUT2D eigenvalue weighted by atomic mass is 10.0. The Morgan fingerprint density at radius 1 is 1.19 bits per heavy atom. The first-order valence-corrected chi connectivity index (χ1v) is 8.65. The van der Waals surface area contributed by atoms with Crippen LogP contribution in [-0.4, -0.2) is 49.6 Å². The molecule has 7 nitrogen and oxygen atoms in total. The highest BCUT2D eigenvalue weighted by Gasteiger charge is 2.42. The van der Waals surface area contributed by atoms with Gasteiger partial charge in [0.2, 0.25) is 0 Å². The van der Waals surface area contributed by atoms with Crippen molar-refractivity contribution in [3.8, 4) is 5.75 Å². The van der Waals surface area contributed by atoms with Gasteiger partial charge in [0.1, 0.15) is 18.9 Å². The van der Waals surface area contributed by atoms with Gasteiger partial charge in [0, 0.05) is 12.2 Å². The highest BCUT2D eigenvalue weighted by Crippen LogP contribution is 2.38. The van der Waals surface area contributed by atoms with Gasteiger partial charge in [0.25, 0.3) is 5.91 Å². The van der Waals surface area contributed by atoms with Gasteiger partial charge in [-0.15, -0.1) is 0 Å². The maximum Gasteiger partial charge on any atom is 0.326 e.